The van der Waals surface area contributed by atoms with Crippen molar-refractivity contribution >= 4 is 126 Å². The van der Waals surface area contributed by atoms with Crippen LogP contribution < -0.4 is 0 Å². The van der Waals surface area contributed by atoms with Gasteiger partial charge in [0.05, 0.1) is 38.0 Å². The van der Waals surface area contributed by atoms with Crippen LogP contribution in [0, 0.1) is 0 Å². The minimum Gasteiger partial charge on any atom is -0.465 e. The molecule has 3 aliphatic carbocycles. The van der Waals surface area contributed by atoms with Crippen molar-refractivity contribution in [1.82, 2.24) is 0 Å². The molecule has 0 fully saturated rings. The number of hydrogen-bond acceptors (Lipinski definition) is 10. The van der Waals surface area contributed by atoms with Crippen LogP contribution in [-0.4, -0.2) is 58.9 Å². The maximum atomic E-state index is 13.1. The molecule has 0 spiro atoms. The second-order valence-electron chi connectivity index (χ2n) is 18.4. The fraction of sp³-hybridized carbons (Fsp3) is 0.254. The number of allylic oxidation sites excluding steroid dienone is 3. The van der Waals surface area contributed by atoms with Crippen LogP contribution in [0.5, 0.6) is 0 Å². The highest BCUT2D eigenvalue weighted by molar-refractivity contribution is 7.87. The number of ether oxygens (including phenoxy) is 3. The number of rotatable bonds is 8. The van der Waals surface area contributed by atoms with Gasteiger partial charge in [-0.25, -0.2) is 14.4 Å². The molecule has 0 bridgehead atoms. The number of esters is 3. The molecule has 0 saturated heterocycles. The summed E-state index contributed by atoms with van der Waals surface area (Å²) in [6.45, 7) is 2.11. The Kier molecular flexibility index (Phi) is 20.1. The van der Waals surface area contributed by atoms with Gasteiger partial charge in [0.1, 0.15) is 0 Å². The molecule has 414 valence electrons. The van der Waals surface area contributed by atoms with Gasteiger partial charge in [0.2, 0.25) is 0 Å². The Morgan fingerprint density at radius 1 is 0.506 bits per heavy atom. The van der Waals surface area contributed by atoms with Crippen LogP contribution in [0.2, 0.25) is 30.1 Å². The predicted octanol–water partition coefficient (Wildman–Crippen LogP) is 17.0. The van der Waals surface area contributed by atoms with Gasteiger partial charge >= 0.3 is 33.5 Å². The van der Waals surface area contributed by atoms with E-state index < -0.39 is 33.3 Å². The predicted molar refractivity (Wildman–Crippen MR) is 304 cm³/mol. The number of hydrogen-bond donors (Lipinski definition) is 0. The van der Waals surface area contributed by atoms with Gasteiger partial charge in [-0.2, -0.15) is 21.6 Å². The summed E-state index contributed by atoms with van der Waals surface area (Å²) in [6, 6.07) is 30.2. The summed E-state index contributed by atoms with van der Waals surface area (Å²) >= 11 is 36.8. The normalized spacial score (nSPS) is 15.3. The molecule has 0 aromatic heterocycles. The summed E-state index contributed by atoms with van der Waals surface area (Å²) in [5.74, 6) is -2.09. The summed E-state index contributed by atoms with van der Waals surface area (Å²) < 4.78 is 81.9. The molecule has 0 amide bonds. The topological polar surface area (TPSA) is 139 Å². The van der Waals surface area contributed by atoms with E-state index in [1.54, 1.807) is 36.4 Å². The van der Waals surface area contributed by atoms with Crippen molar-refractivity contribution in [3.8, 4) is 0 Å². The Bertz CT molecular complexity index is 3560. The number of methoxy groups -OCH3 is 3. The van der Waals surface area contributed by atoms with E-state index in [0.29, 0.717) is 72.2 Å². The number of alkyl halides is 3. The second kappa shape index (κ2) is 26.2. The van der Waals surface area contributed by atoms with Gasteiger partial charge in [-0.1, -0.05) is 106 Å². The highest BCUT2D eigenvalue weighted by atomic mass is 35.5. The highest BCUT2D eigenvalue weighted by Crippen LogP contribution is 2.44. The zero-order valence-electron chi connectivity index (χ0n) is 42.7. The van der Waals surface area contributed by atoms with E-state index in [-0.39, 0.29) is 45.8 Å². The van der Waals surface area contributed by atoms with E-state index in [1.165, 1.54) is 80.0 Å². The number of carbonyl (C=O) groups excluding carboxylic acids is 4. The molecule has 9 rings (SSSR count). The van der Waals surface area contributed by atoms with E-state index in [4.69, 9.17) is 79.1 Å². The SMILES string of the molecule is COC(=O)c1ccc2c(c1)CCCC(c1ccc(Cl)cc1Cl)=C2C.COC(=O)c1ccc2c(c1)CCCC(c1ccc(Cl)cc1Cl)=C2OS(=O)(=O)C(F)(F)F.COC(=O)c1ccc2c(c1)CCCC(c1ccc(Cl)cc1Cl)C2=O. The van der Waals surface area contributed by atoms with Crippen LogP contribution in [0.25, 0.3) is 22.5 Å². The van der Waals surface area contributed by atoms with Crippen molar-refractivity contribution in [2.24, 2.45) is 0 Å². The van der Waals surface area contributed by atoms with Crippen LogP contribution in [0.3, 0.4) is 0 Å². The Morgan fingerprint density at radius 2 is 0.911 bits per heavy atom. The van der Waals surface area contributed by atoms with Crippen molar-refractivity contribution < 1.29 is 59.2 Å². The molecule has 0 aliphatic heterocycles. The highest BCUT2D eigenvalue weighted by Gasteiger charge is 2.49. The van der Waals surface area contributed by atoms with Gasteiger partial charge in [0.25, 0.3) is 0 Å². The standard InChI is InChI=1S/C20H15Cl2F3O5S.C20H18Cl2O2.C19H16Cl2O3/c1-29-19(26)12-5-7-14-11(9-12)3-2-4-16(15-8-6-13(21)10-17(15)22)18(14)30-31(27,28)20(23,24)25;1-12-16-8-6-14(20(23)24-2)10-13(16)4-3-5-17(12)18-9-7-15(21)11-19(18)22;1-24-19(23)12-5-7-14-11(9-12)3-2-4-16(18(14)22)15-8-6-13(20)10-17(15)21/h5-10H,2-4H2,1H3;6-11H,3-5H2,1-2H3;5-10,16H,2-4H2,1H3. The lowest BCUT2D eigenvalue weighted by atomic mass is 9.88. The minimum absolute atomic E-state index is 0.0307. The molecule has 20 heteroatoms. The van der Waals surface area contributed by atoms with E-state index in [1.807, 2.05) is 36.4 Å². The van der Waals surface area contributed by atoms with E-state index in [0.717, 1.165) is 48.8 Å². The number of fused-ring (bicyclic) bond motifs is 3. The Labute approximate surface area is 485 Å². The van der Waals surface area contributed by atoms with Gasteiger partial charge < -0.3 is 18.4 Å². The summed E-state index contributed by atoms with van der Waals surface area (Å²) in [7, 11) is -2.03. The summed E-state index contributed by atoms with van der Waals surface area (Å²) in [5.41, 5.74) is 4.77. The quantitative estimate of drug-likeness (QED) is 0.0476. The fourth-order valence-corrected chi connectivity index (χ4v) is 11.8. The molecule has 0 radical (unpaired) electrons. The Balaban J connectivity index is 0.000000174. The fourth-order valence-electron chi connectivity index (χ4n) is 9.71. The zero-order valence-corrected chi connectivity index (χ0v) is 48.1. The molecule has 6 aromatic rings. The van der Waals surface area contributed by atoms with Gasteiger partial charge in [0.15, 0.2) is 11.5 Å². The molecule has 3 aliphatic rings. The molecule has 1 atom stereocenters. The van der Waals surface area contributed by atoms with Crippen molar-refractivity contribution in [2.75, 3.05) is 21.3 Å². The molecule has 0 heterocycles. The third-order valence-corrected chi connectivity index (χ3v) is 16.2. The first-order chi connectivity index (χ1) is 37.5. The number of Topliss-reactive ketones (excluding diaryl/α,β-unsaturated/α-hetero) is 1. The summed E-state index contributed by atoms with van der Waals surface area (Å²) in [6.07, 6.45) is 6.12. The van der Waals surface area contributed by atoms with Crippen molar-refractivity contribution in [3.63, 3.8) is 0 Å². The minimum atomic E-state index is -5.97. The summed E-state index contributed by atoms with van der Waals surface area (Å²) in [4.78, 5) is 48.3. The third-order valence-electron chi connectivity index (χ3n) is 13.5. The van der Waals surface area contributed by atoms with Crippen molar-refractivity contribution in [2.45, 2.75) is 76.1 Å². The van der Waals surface area contributed by atoms with E-state index in [9.17, 15) is 40.8 Å². The van der Waals surface area contributed by atoms with Gasteiger partial charge in [-0.15, -0.1) is 0 Å². The van der Waals surface area contributed by atoms with E-state index >= 15 is 0 Å². The van der Waals surface area contributed by atoms with Gasteiger partial charge in [-0.05, 0) is 182 Å². The zero-order chi connectivity index (χ0) is 57.5. The van der Waals surface area contributed by atoms with Crippen molar-refractivity contribution in [1.29, 1.82) is 0 Å². The van der Waals surface area contributed by atoms with Gasteiger partial charge in [0, 0.05) is 58.3 Å². The molecule has 79 heavy (non-hydrogen) atoms. The van der Waals surface area contributed by atoms with Crippen LogP contribution in [0.1, 0.15) is 137 Å². The number of carbonyl (C=O) groups is 4. The monoisotopic (exact) mass is 1220 g/mol. The molecular formula is C59H49Cl6F3O10S. The maximum Gasteiger partial charge on any atom is 0.534 e. The maximum absolute atomic E-state index is 13.1. The van der Waals surface area contributed by atoms with Gasteiger partial charge in [-0.3, -0.25) is 4.79 Å². The first kappa shape index (κ1) is 60.8. The molecule has 0 saturated carbocycles. The Hall–Kier alpha value is -5.84. The number of ketones is 1. The Morgan fingerprint density at radius 3 is 1.39 bits per heavy atom. The molecule has 10 nitrogen and oxygen atoms in total. The smallest absolute Gasteiger partial charge is 0.465 e. The summed E-state index contributed by atoms with van der Waals surface area (Å²) in [5, 5.41) is 2.80. The van der Waals surface area contributed by atoms with Crippen LogP contribution in [0.15, 0.2) is 109 Å². The first-order valence-corrected chi connectivity index (χ1v) is 28.1. The second-order valence-corrected chi connectivity index (χ2v) is 22.5. The number of halogens is 9. The lowest BCUT2D eigenvalue weighted by Gasteiger charge is -2.18. The number of benzene rings is 6. The first-order valence-electron chi connectivity index (χ1n) is 24.4. The van der Waals surface area contributed by atoms with Crippen molar-refractivity contribution in [3.05, 3.63) is 206 Å². The van der Waals surface area contributed by atoms with E-state index in [2.05, 4.69) is 15.8 Å². The lowest BCUT2D eigenvalue weighted by molar-refractivity contribution is -0.0509. The third kappa shape index (κ3) is 14.2. The van der Waals surface area contributed by atoms with Crippen LogP contribution in [0.4, 0.5) is 13.2 Å². The largest absolute Gasteiger partial charge is 0.534 e. The molecular weight excluding hydrogens is 1170 g/mol. The molecule has 1 unspecified atom stereocenters. The number of aryl methyl sites for hydroxylation is 3. The average molecular weight is 1220 g/mol. The molecule has 6 aromatic carbocycles. The lowest BCUT2D eigenvalue weighted by Crippen LogP contribution is -2.25. The van der Waals surface area contributed by atoms with Crippen LogP contribution >= 0.6 is 69.6 Å². The average Bonchev–Trinajstić information content (AvgIpc) is 3.83. The molecule has 0 N–H and O–H groups in total. The van der Waals surface area contributed by atoms with Crippen LogP contribution in [-0.2, 0) is 47.8 Å².